The third-order valence-corrected chi connectivity index (χ3v) is 4.00. The molecule has 0 radical (unpaired) electrons. The number of nitrogens with one attached hydrogen (secondary N) is 1. The number of aryl methyl sites for hydroxylation is 2. The van der Waals surface area contributed by atoms with Crippen LogP contribution in [0.1, 0.15) is 37.4 Å². The molecule has 3 rings (SSSR count). The van der Waals surface area contributed by atoms with Gasteiger partial charge in [0.25, 0.3) is 0 Å². The molecule has 2 aliphatic rings. The van der Waals surface area contributed by atoms with Crippen LogP contribution in [0, 0.1) is 0 Å². The highest BCUT2D eigenvalue weighted by molar-refractivity contribution is 5.84. The molecule has 19 heavy (non-hydrogen) atoms. The van der Waals surface area contributed by atoms with Crippen LogP contribution < -0.4 is 5.32 Å². The molecule has 2 fully saturated rings. The molecule has 1 unspecified atom stereocenters. The number of likely N-dealkylation sites (tertiary alicyclic amines) is 1. The number of aromatic nitrogens is 2. The summed E-state index contributed by atoms with van der Waals surface area (Å²) in [7, 11) is 1.94. The van der Waals surface area contributed by atoms with E-state index in [9.17, 15) is 4.79 Å². The first-order chi connectivity index (χ1) is 9.17. The Hall–Kier alpha value is -1.36. The van der Waals surface area contributed by atoms with Gasteiger partial charge < -0.3 is 10.2 Å². The fourth-order valence-electron chi connectivity index (χ4n) is 2.80. The van der Waals surface area contributed by atoms with Crippen molar-refractivity contribution in [2.45, 2.75) is 51.2 Å². The molecule has 0 bridgehead atoms. The number of nitrogens with zero attached hydrogens (tertiary/aromatic N) is 3. The Morgan fingerprint density at radius 3 is 2.89 bits per heavy atom. The second-order valence-electron chi connectivity index (χ2n) is 5.67. The zero-order valence-electron chi connectivity index (χ0n) is 11.7. The van der Waals surface area contributed by atoms with Gasteiger partial charge in [-0.15, -0.1) is 0 Å². The standard InChI is InChI=1S/C14H22N4O/c1-3-12-10(8-17(2)16-12)9-18-7-6-13(14(18)19)15-11-4-5-11/h8,11,13,15H,3-7,9H2,1-2H3. The molecule has 1 amide bonds. The van der Waals surface area contributed by atoms with Crippen LogP contribution in [0.15, 0.2) is 6.20 Å². The van der Waals surface area contributed by atoms with Crippen molar-refractivity contribution in [2.24, 2.45) is 7.05 Å². The normalized spacial score (nSPS) is 23.4. The Kier molecular flexibility index (Phi) is 3.31. The van der Waals surface area contributed by atoms with Gasteiger partial charge in [0.2, 0.25) is 5.91 Å². The van der Waals surface area contributed by atoms with E-state index in [1.807, 2.05) is 22.8 Å². The lowest BCUT2D eigenvalue weighted by Gasteiger charge is -2.16. The number of amides is 1. The third-order valence-electron chi connectivity index (χ3n) is 4.00. The maximum atomic E-state index is 12.3. The molecule has 1 saturated heterocycles. The Morgan fingerprint density at radius 1 is 1.42 bits per heavy atom. The topological polar surface area (TPSA) is 50.2 Å². The summed E-state index contributed by atoms with van der Waals surface area (Å²) in [6.07, 6.45) is 6.35. The molecule has 1 N–H and O–H groups in total. The molecule has 1 aromatic rings. The molecule has 5 heteroatoms. The minimum Gasteiger partial charge on any atom is -0.337 e. The Labute approximate surface area is 114 Å². The summed E-state index contributed by atoms with van der Waals surface area (Å²) in [6, 6.07) is 0.646. The minimum absolute atomic E-state index is 0.0502. The number of rotatable bonds is 5. The molecule has 0 spiro atoms. The molecule has 104 valence electrons. The van der Waals surface area contributed by atoms with Gasteiger partial charge in [-0.2, -0.15) is 5.10 Å². The highest BCUT2D eigenvalue weighted by atomic mass is 16.2. The van der Waals surface area contributed by atoms with Crippen molar-refractivity contribution in [3.05, 3.63) is 17.5 Å². The summed E-state index contributed by atoms with van der Waals surface area (Å²) in [5.74, 6) is 0.262. The molecule has 5 nitrogen and oxygen atoms in total. The smallest absolute Gasteiger partial charge is 0.240 e. The lowest BCUT2D eigenvalue weighted by Crippen LogP contribution is -2.39. The number of carbonyl (C=O) groups excluding carboxylic acids is 1. The molecular formula is C14H22N4O. The Bertz CT molecular complexity index is 478. The molecular weight excluding hydrogens is 240 g/mol. The minimum atomic E-state index is 0.0502. The SMILES string of the molecule is CCc1nn(C)cc1CN1CCC(NC2CC2)C1=O. The van der Waals surface area contributed by atoms with Gasteiger partial charge in [0.05, 0.1) is 11.7 Å². The molecule has 1 aromatic heterocycles. The first-order valence-electron chi connectivity index (χ1n) is 7.23. The summed E-state index contributed by atoms with van der Waals surface area (Å²) >= 11 is 0. The first-order valence-corrected chi connectivity index (χ1v) is 7.23. The van der Waals surface area contributed by atoms with E-state index in [-0.39, 0.29) is 11.9 Å². The molecule has 2 heterocycles. The van der Waals surface area contributed by atoms with Gasteiger partial charge in [-0.1, -0.05) is 6.92 Å². The monoisotopic (exact) mass is 262 g/mol. The van der Waals surface area contributed by atoms with Gasteiger partial charge in [-0.05, 0) is 25.7 Å². The van der Waals surface area contributed by atoms with Crippen molar-refractivity contribution in [1.29, 1.82) is 0 Å². The highest BCUT2D eigenvalue weighted by Gasteiger charge is 2.35. The van der Waals surface area contributed by atoms with E-state index in [2.05, 4.69) is 17.3 Å². The van der Waals surface area contributed by atoms with Crippen LogP contribution in [0.5, 0.6) is 0 Å². The van der Waals surface area contributed by atoms with Gasteiger partial charge in [0.15, 0.2) is 0 Å². The van der Waals surface area contributed by atoms with E-state index in [1.54, 1.807) is 0 Å². The number of carbonyl (C=O) groups is 1. The second-order valence-corrected chi connectivity index (χ2v) is 5.67. The fourth-order valence-corrected chi connectivity index (χ4v) is 2.80. The van der Waals surface area contributed by atoms with Crippen LogP contribution in [0.4, 0.5) is 0 Å². The lowest BCUT2D eigenvalue weighted by atomic mass is 10.2. The van der Waals surface area contributed by atoms with Crippen LogP contribution in [0.2, 0.25) is 0 Å². The zero-order chi connectivity index (χ0) is 13.4. The van der Waals surface area contributed by atoms with E-state index in [4.69, 9.17) is 0 Å². The van der Waals surface area contributed by atoms with Crippen LogP contribution in [-0.2, 0) is 24.8 Å². The van der Waals surface area contributed by atoms with Crippen molar-refractivity contribution >= 4 is 5.91 Å². The largest absolute Gasteiger partial charge is 0.337 e. The van der Waals surface area contributed by atoms with E-state index in [0.29, 0.717) is 12.6 Å². The van der Waals surface area contributed by atoms with Crippen molar-refractivity contribution < 1.29 is 4.79 Å². The average molecular weight is 262 g/mol. The van der Waals surface area contributed by atoms with Gasteiger partial charge in [-0.3, -0.25) is 9.48 Å². The van der Waals surface area contributed by atoms with E-state index in [1.165, 1.54) is 18.4 Å². The summed E-state index contributed by atoms with van der Waals surface area (Å²) in [5.41, 5.74) is 2.29. The molecule has 1 atom stereocenters. The highest BCUT2D eigenvalue weighted by Crippen LogP contribution is 2.23. The van der Waals surface area contributed by atoms with Crippen LogP contribution >= 0.6 is 0 Å². The number of hydrogen-bond acceptors (Lipinski definition) is 3. The van der Waals surface area contributed by atoms with Crippen LogP contribution in [0.25, 0.3) is 0 Å². The quantitative estimate of drug-likeness (QED) is 0.855. The molecule has 1 aliphatic heterocycles. The van der Waals surface area contributed by atoms with Gasteiger partial charge in [0, 0.05) is 37.9 Å². The van der Waals surface area contributed by atoms with E-state index < -0.39 is 0 Å². The maximum Gasteiger partial charge on any atom is 0.240 e. The summed E-state index contributed by atoms with van der Waals surface area (Å²) in [6.45, 7) is 3.68. The van der Waals surface area contributed by atoms with Crippen LogP contribution in [0.3, 0.4) is 0 Å². The Morgan fingerprint density at radius 2 is 2.21 bits per heavy atom. The van der Waals surface area contributed by atoms with Crippen molar-refractivity contribution in [2.75, 3.05) is 6.54 Å². The van der Waals surface area contributed by atoms with E-state index in [0.717, 1.165) is 25.1 Å². The molecule has 0 aromatic carbocycles. The summed E-state index contributed by atoms with van der Waals surface area (Å²) < 4.78 is 1.84. The summed E-state index contributed by atoms with van der Waals surface area (Å²) in [5, 5.41) is 7.88. The van der Waals surface area contributed by atoms with Crippen molar-refractivity contribution in [1.82, 2.24) is 20.0 Å². The third kappa shape index (κ3) is 2.66. The Balaban J connectivity index is 1.64. The average Bonchev–Trinajstić information content (AvgIpc) is 3.05. The van der Waals surface area contributed by atoms with Crippen molar-refractivity contribution in [3.8, 4) is 0 Å². The first kappa shape index (κ1) is 12.7. The lowest BCUT2D eigenvalue weighted by molar-refractivity contribution is -0.130. The molecule has 1 aliphatic carbocycles. The van der Waals surface area contributed by atoms with Crippen molar-refractivity contribution in [3.63, 3.8) is 0 Å². The molecule has 1 saturated carbocycles. The van der Waals surface area contributed by atoms with Gasteiger partial charge in [-0.25, -0.2) is 0 Å². The number of hydrogen-bond donors (Lipinski definition) is 1. The van der Waals surface area contributed by atoms with Crippen LogP contribution in [-0.4, -0.2) is 39.2 Å². The van der Waals surface area contributed by atoms with E-state index >= 15 is 0 Å². The van der Waals surface area contributed by atoms with Gasteiger partial charge >= 0.3 is 0 Å². The van der Waals surface area contributed by atoms with Gasteiger partial charge in [0.1, 0.15) is 0 Å². The zero-order valence-corrected chi connectivity index (χ0v) is 11.7. The second kappa shape index (κ2) is 4.96. The summed E-state index contributed by atoms with van der Waals surface area (Å²) in [4.78, 5) is 14.3. The fraction of sp³-hybridized carbons (Fsp3) is 0.714. The predicted octanol–water partition coefficient (Wildman–Crippen LogP) is 0.835. The predicted molar refractivity (Wildman–Crippen MR) is 72.6 cm³/mol. The maximum absolute atomic E-state index is 12.3.